The van der Waals surface area contributed by atoms with Crippen LogP contribution < -0.4 is 10.5 Å². The molecule has 0 fully saturated rings. The van der Waals surface area contributed by atoms with Crippen LogP contribution in [0.1, 0.15) is 22.3 Å². The van der Waals surface area contributed by atoms with Crippen molar-refractivity contribution in [1.29, 1.82) is 0 Å². The molecule has 3 nitrogen and oxygen atoms in total. The maximum absolute atomic E-state index is 11.1. The van der Waals surface area contributed by atoms with Crippen molar-refractivity contribution < 1.29 is 9.53 Å². The third-order valence-electron chi connectivity index (χ3n) is 3.54. The molecule has 0 unspecified atom stereocenters. The van der Waals surface area contributed by atoms with E-state index in [1.54, 1.807) is 0 Å². The number of ether oxygens (including phenoxy) is 1. The predicted octanol–water partition coefficient (Wildman–Crippen LogP) is 3.43. The van der Waals surface area contributed by atoms with Crippen LogP contribution in [0.5, 0.6) is 11.5 Å². The molecule has 0 radical (unpaired) electrons. The van der Waals surface area contributed by atoms with Gasteiger partial charge in [-0.15, -0.1) is 0 Å². The quantitative estimate of drug-likeness (QED) is 0.924. The summed E-state index contributed by atoms with van der Waals surface area (Å²) in [5.74, 6) is 1.26. The van der Waals surface area contributed by atoms with Crippen molar-refractivity contribution in [3.63, 3.8) is 0 Å². The molecule has 2 rings (SSSR count). The van der Waals surface area contributed by atoms with Crippen molar-refractivity contribution in [1.82, 2.24) is 0 Å². The first-order valence-corrected chi connectivity index (χ1v) is 6.60. The van der Waals surface area contributed by atoms with Crippen LogP contribution in [-0.4, -0.2) is 5.91 Å². The molecule has 1 amide bonds. The zero-order chi connectivity index (χ0) is 14.7. The highest BCUT2D eigenvalue weighted by molar-refractivity contribution is 5.77. The van der Waals surface area contributed by atoms with E-state index < -0.39 is 0 Å². The number of hydrogen-bond donors (Lipinski definition) is 1. The summed E-state index contributed by atoms with van der Waals surface area (Å²) in [7, 11) is 0. The first-order valence-electron chi connectivity index (χ1n) is 6.60. The Morgan fingerprint density at radius 2 is 1.60 bits per heavy atom. The number of benzene rings is 2. The lowest BCUT2D eigenvalue weighted by molar-refractivity contribution is -0.117. The maximum atomic E-state index is 11.1. The summed E-state index contributed by atoms with van der Waals surface area (Å²) in [6.45, 7) is 6.03. The van der Waals surface area contributed by atoms with E-state index in [9.17, 15) is 4.79 Å². The molecular formula is C17H19NO2. The fourth-order valence-electron chi connectivity index (χ4n) is 2.10. The number of nitrogens with two attached hydrogens (primary N) is 1. The lowest BCUT2D eigenvalue weighted by Gasteiger charge is -2.14. The molecule has 0 atom stereocenters. The van der Waals surface area contributed by atoms with Gasteiger partial charge in [-0.3, -0.25) is 4.79 Å². The second-order valence-electron chi connectivity index (χ2n) is 4.98. The van der Waals surface area contributed by atoms with Crippen molar-refractivity contribution in [2.75, 3.05) is 0 Å². The minimum atomic E-state index is -0.336. The van der Waals surface area contributed by atoms with E-state index in [1.807, 2.05) is 44.2 Å². The van der Waals surface area contributed by atoms with Crippen LogP contribution in [0.15, 0.2) is 36.4 Å². The van der Waals surface area contributed by atoms with Gasteiger partial charge in [-0.25, -0.2) is 0 Å². The van der Waals surface area contributed by atoms with E-state index in [4.69, 9.17) is 10.5 Å². The molecule has 0 saturated heterocycles. The van der Waals surface area contributed by atoms with E-state index >= 15 is 0 Å². The summed E-state index contributed by atoms with van der Waals surface area (Å²) in [5.41, 5.74) is 9.42. The van der Waals surface area contributed by atoms with Crippen LogP contribution in [-0.2, 0) is 11.2 Å². The van der Waals surface area contributed by atoms with Crippen molar-refractivity contribution in [3.8, 4) is 11.5 Å². The molecule has 0 bridgehead atoms. The van der Waals surface area contributed by atoms with Crippen LogP contribution in [0, 0.1) is 20.8 Å². The molecule has 0 heterocycles. The van der Waals surface area contributed by atoms with Gasteiger partial charge < -0.3 is 10.5 Å². The molecule has 0 spiro atoms. The number of hydrogen-bond acceptors (Lipinski definition) is 2. The summed E-state index contributed by atoms with van der Waals surface area (Å²) in [4.78, 5) is 11.1. The third-order valence-corrected chi connectivity index (χ3v) is 3.54. The summed E-state index contributed by atoms with van der Waals surface area (Å²) >= 11 is 0. The van der Waals surface area contributed by atoms with Gasteiger partial charge in [0.15, 0.2) is 0 Å². The Morgan fingerprint density at radius 1 is 1.00 bits per heavy atom. The number of rotatable bonds is 4. The minimum absolute atomic E-state index is 0.232. The molecule has 3 heteroatoms. The van der Waals surface area contributed by atoms with Crippen LogP contribution in [0.2, 0.25) is 0 Å². The summed E-state index contributed by atoms with van der Waals surface area (Å²) < 4.78 is 5.99. The monoisotopic (exact) mass is 269 g/mol. The lowest BCUT2D eigenvalue weighted by atomic mass is 10.0. The molecule has 104 valence electrons. The van der Waals surface area contributed by atoms with E-state index in [0.29, 0.717) is 0 Å². The average molecular weight is 269 g/mol. The smallest absolute Gasteiger partial charge is 0.221 e. The summed E-state index contributed by atoms with van der Waals surface area (Å²) in [6, 6.07) is 11.7. The van der Waals surface area contributed by atoms with Gasteiger partial charge in [0.1, 0.15) is 11.5 Å². The average Bonchev–Trinajstić information content (AvgIpc) is 2.39. The fourth-order valence-corrected chi connectivity index (χ4v) is 2.10. The molecule has 20 heavy (non-hydrogen) atoms. The maximum Gasteiger partial charge on any atom is 0.221 e. The first kappa shape index (κ1) is 14.1. The Bertz CT molecular complexity index is 647. The molecule has 2 aromatic rings. The molecule has 0 aliphatic heterocycles. The fraction of sp³-hybridized carbons (Fsp3) is 0.235. The molecular weight excluding hydrogens is 250 g/mol. The zero-order valence-electron chi connectivity index (χ0n) is 12.1. The SMILES string of the molecule is Cc1cccc(Oc2cccc(CC(N)=O)c2C)c1C. The number of aryl methyl sites for hydroxylation is 1. The van der Waals surface area contributed by atoms with Gasteiger partial charge in [0.05, 0.1) is 6.42 Å². The second kappa shape index (κ2) is 5.78. The second-order valence-corrected chi connectivity index (χ2v) is 4.98. The van der Waals surface area contributed by atoms with Gasteiger partial charge in [0, 0.05) is 0 Å². The Morgan fingerprint density at radius 3 is 2.25 bits per heavy atom. The van der Waals surface area contributed by atoms with Gasteiger partial charge in [-0.05, 0) is 55.2 Å². The zero-order valence-corrected chi connectivity index (χ0v) is 12.1. The topological polar surface area (TPSA) is 52.3 Å². The first-order chi connectivity index (χ1) is 9.49. The van der Waals surface area contributed by atoms with E-state index in [0.717, 1.165) is 28.2 Å². The molecule has 2 N–H and O–H groups in total. The number of primary amides is 1. The van der Waals surface area contributed by atoms with Crippen molar-refractivity contribution in [2.24, 2.45) is 5.73 Å². The van der Waals surface area contributed by atoms with Crippen LogP contribution in [0.3, 0.4) is 0 Å². The molecule has 0 aromatic heterocycles. The van der Waals surface area contributed by atoms with Gasteiger partial charge in [0.2, 0.25) is 5.91 Å². The normalized spacial score (nSPS) is 10.3. The van der Waals surface area contributed by atoms with Crippen molar-refractivity contribution >= 4 is 5.91 Å². The third kappa shape index (κ3) is 2.99. The molecule has 0 aliphatic rings. The Hall–Kier alpha value is -2.29. The number of carbonyl (C=O) groups excluding carboxylic acids is 1. The standard InChI is InChI=1S/C17H19NO2/c1-11-6-4-8-15(12(11)2)20-16-9-5-7-14(13(16)3)10-17(18)19/h4-9H,10H2,1-3H3,(H2,18,19). The molecule has 0 saturated carbocycles. The van der Waals surface area contributed by atoms with Crippen LogP contribution >= 0.6 is 0 Å². The molecule has 2 aromatic carbocycles. The van der Waals surface area contributed by atoms with Gasteiger partial charge in [0.25, 0.3) is 0 Å². The number of amides is 1. The van der Waals surface area contributed by atoms with Gasteiger partial charge in [-0.2, -0.15) is 0 Å². The Balaban J connectivity index is 2.34. The van der Waals surface area contributed by atoms with Crippen molar-refractivity contribution in [2.45, 2.75) is 27.2 Å². The largest absolute Gasteiger partial charge is 0.457 e. The van der Waals surface area contributed by atoms with E-state index in [2.05, 4.69) is 13.0 Å². The lowest BCUT2D eigenvalue weighted by Crippen LogP contribution is -2.14. The van der Waals surface area contributed by atoms with Gasteiger partial charge >= 0.3 is 0 Å². The van der Waals surface area contributed by atoms with Crippen LogP contribution in [0.4, 0.5) is 0 Å². The van der Waals surface area contributed by atoms with E-state index in [1.165, 1.54) is 5.56 Å². The highest BCUT2D eigenvalue weighted by Gasteiger charge is 2.10. The molecule has 0 aliphatic carbocycles. The summed E-state index contributed by atoms with van der Waals surface area (Å²) in [6.07, 6.45) is 0.232. The Labute approximate surface area is 119 Å². The predicted molar refractivity (Wildman–Crippen MR) is 80.1 cm³/mol. The Kier molecular flexibility index (Phi) is 4.08. The van der Waals surface area contributed by atoms with Gasteiger partial charge in [-0.1, -0.05) is 24.3 Å². The minimum Gasteiger partial charge on any atom is -0.457 e. The summed E-state index contributed by atoms with van der Waals surface area (Å²) in [5, 5.41) is 0. The highest BCUT2D eigenvalue weighted by atomic mass is 16.5. The van der Waals surface area contributed by atoms with Crippen LogP contribution in [0.25, 0.3) is 0 Å². The van der Waals surface area contributed by atoms with E-state index in [-0.39, 0.29) is 12.3 Å². The number of carbonyl (C=O) groups is 1. The highest BCUT2D eigenvalue weighted by Crippen LogP contribution is 2.30. The van der Waals surface area contributed by atoms with Crippen molar-refractivity contribution in [3.05, 3.63) is 58.7 Å².